The molecule has 0 aromatic heterocycles. The Morgan fingerprint density at radius 1 is 0.944 bits per heavy atom. The van der Waals surface area contributed by atoms with Crippen LogP contribution in [0.2, 0.25) is 0 Å². The summed E-state index contributed by atoms with van der Waals surface area (Å²) >= 11 is 0. The molecular formula is C14H22N2O2. The molecule has 4 nitrogen and oxygen atoms in total. The smallest absolute Gasteiger partial charge is 0.235 e. The molecule has 2 amide bonds. The van der Waals surface area contributed by atoms with Gasteiger partial charge >= 0.3 is 0 Å². The molecule has 3 fully saturated rings. The van der Waals surface area contributed by atoms with Gasteiger partial charge in [-0.3, -0.25) is 9.59 Å². The highest BCUT2D eigenvalue weighted by atomic mass is 16.2. The second-order valence-electron chi connectivity index (χ2n) is 6.52. The highest BCUT2D eigenvalue weighted by Gasteiger charge is 2.53. The average molecular weight is 250 g/mol. The lowest BCUT2D eigenvalue weighted by molar-refractivity contribution is -0.149. The fraction of sp³-hybridized carbons (Fsp3) is 0.857. The number of carbonyl (C=O) groups excluding carboxylic acids is 2. The third-order valence-corrected chi connectivity index (χ3v) is 4.93. The zero-order chi connectivity index (χ0) is 12.9. The summed E-state index contributed by atoms with van der Waals surface area (Å²) in [5.74, 6) is 1.10. The van der Waals surface area contributed by atoms with Crippen LogP contribution in [-0.4, -0.2) is 23.9 Å². The van der Waals surface area contributed by atoms with Crippen LogP contribution >= 0.6 is 0 Å². The van der Waals surface area contributed by atoms with Gasteiger partial charge in [-0.2, -0.15) is 0 Å². The largest absolute Gasteiger partial charge is 0.352 e. The third-order valence-electron chi connectivity index (χ3n) is 4.93. The molecule has 18 heavy (non-hydrogen) atoms. The third kappa shape index (κ3) is 1.91. The van der Waals surface area contributed by atoms with Gasteiger partial charge in [0.15, 0.2) is 0 Å². The monoisotopic (exact) mass is 250 g/mol. The number of hydrogen-bond acceptors (Lipinski definition) is 2. The zero-order valence-electron chi connectivity index (χ0n) is 11.2. The summed E-state index contributed by atoms with van der Waals surface area (Å²) in [6, 6.07) is 0.616. The van der Waals surface area contributed by atoms with E-state index in [2.05, 4.69) is 24.5 Å². The predicted molar refractivity (Wildman–Crippen MR) is 67.7 cm³/mol. The zero-order valence-corrected chi connectivity index (χ0v) is 11.2. The molecule has 0 spiro atoms. The van der Waals surface area contributed by atoms with Crippen LogP contribution in [0.15, 0.2) is 0 Å². The van der Waals surface area contributed by atoms with E-state index in [1.807, 2.05) is 0 Å². The first kappa shape index (κ1) is 12.0. The maximum Gasteiger partial charge on any atom is 0.235 e. The van der Waals surface area contributed by atoms with E-state index >= 15 is 0 Å². The summed E-state index contributed by atoms with van der Waals surface area (Å²) < 4.78 is 0. The van der Waals surface area contributed by atoms with E-state index in [1.165, 1.54) is 0 Å². The van der Waals surface area contributed by atoms with Gasteiger partial charge in [-0.25, -0.2) is 0 Å². The van der Waals surface area contributed by atoms with E-state index in [1.54, 1.807) is 0 Å². The van der Waals surface area contributed by atoms with E-state index in [-0.39, 0.29) is 11.8 Å². The first-order chi connectivity index (χ1) is 8.53. The van der Waals surface area contributed by atoms with Crippen molar-refractivity contribution in [2.75, 3.05) is 0 Å². The standard InChI is InChI=1S/C14H22N2O2/c1-8-6-10(8)15-12(17)14(4-3-5-14)13(18)16-11-7-9(11)2/h8-11H,3-7H2,1-2H3,(H,15,17)(H,16,18)/t8-,9+,10+,11-. The Labute approximate surface area is 108 Å². The van der Waals surface area contributed by atoms with Crippen LogP contribution in [0.5, 0.6) is 0 Å². The lowest BCUT2D eigenvalue weighted by Crippen LogP contribution is -2.56. The van der Waals surface area contributed by atoms with Crippen LogP contribution in [0.1, 0.15) is 46.0 Å². The molecule has 3 aliphatic carbocycles. The van der Waals surface area contributed by atoms with Crippen LogP contribution in [0.3, 0.4) is 0 Å². The molecule has 4 heteroatoms. The van der Waals surface area contributed by atoms with Crippen molar-refractivity contribution in [2.24, 2.45) is 17.3 Å². The van der Waals surface area contributed by atoms with Crippen molar-refractivity contribution in [2.45, 2.75) is 58.0 Å². The van der Waals surface area contributed by atoms with Crippen molar-refractivity contribution >= 4 is 11.8 Å². The maximum absolute atomic E-state index is 12.3. The molecule has 0 aliphatic heterocycles. The Kier molecular flexibility index (Phi) is 2.65. The first-order valence-corrected chi connectivity index (χ1v) is 7.15. The molecule has 0 unspecified atom stereocenters. The lowest BCUT2D eigenvalue weighted by Gasteiger charge is -2.38. The van der Waals surface area contributed by atoms with Crippen molar-refractivity contribution in [3.05, 3.63) is 0 Å². The van der Waals surface area contributed by atoms with Crippen LogP contribution < -0.4 is 10.6 Å². The summed E-state index contributed by atoms with van der Waals surface area (Å²) in [6.07, 6.45) is 4.53. The van der Waals surface area contributed by atoms with Crippen LogP contribution in [-0.2, 0) is 9.59 Å². The Morgan fingerprint density at radius 3 is 1.56 bits per heavy atom. The predicted octanol–water partition coefficient (Wildman–Crippen LogP) is 1.21. The second-order valence-corrected chi connectivity index (χ2v) is 6.52. The number of amides is 2. The molecule has 2 N–H and O–H groups in total. The van der Waals surface area contributed by atoms with Crippen molar-refractivity contribution in [3.63, 3.8) is 0 Å². The minimum absolute atomic E-state index is 0.0334. The van der Waals surface area contributed by atoms with Crippen LogP contribution in [0.25, 0.3) is 0 Å². The average Bonchev–Trinajstić information content (AvgIpc) is 3.08. The molecule has 0 aromatic rings. The fourth-order valence-electron chi connectivity index (χ4n) is 2.75. The van der Waals surface area contributed by atoms with Gasteiger partial charge < -0.3 is 10.6 Å². The lowest BCUT2D eigenvalue weighted by atomic mass is 9.67. The molecule has 0 saturated heterocycles. The quantitative estimate of drug-likeness (QED) is 0.737. The van der Waals surface area contributed by atoms with E-state index < -0.39 is 5.41 Å². The van der Waals surface area contributed by atoms with E-state index in [9.17, 15) is 9.59 Å². The molecule has 3 aliphatic rings. The molecule has 100 valence electrons. The molecule has 3 rings (SSSR count). The number of rotatable bonds is 4. The van der Waals surface area contributed by atoms with Crippen LogP contribution in [0.4, 0.5) is 0 Å². The summed E-state index contributed by atoms with van der Waals surface area (Å²) in [5.41, 5.74) is -0.745. The van der Waals surface area contributed by atoms with Gasteiger partial charge in [0.2, 0.25) is 11.8 Å². The molecule has 0 bridgehead atoms. The summed E-state index contributed by atoms with van der Waals surface area (Å²) in [5, 5.41) is 6.06. The van der Waals surface area contributed by atoms with Crippen molar-refractivity contribution in [1.29, 1.82) is 0 Å². The van der Waals surface area contributed by atoms with Gasteiger partial charge in [-0.1, -0.05) is 20.3 Å². The first-order valence-electron chi connectivity index (χ1n) is 7.15. The van der Waals surface area contributed by atoms with Crippen molar-refractivity contribution in [1.82, 2.24) is 10.6 Å². The highest BCUT2D eigenvalue weighted by Crippen LogP contribution is 2.43. The van der Waals surface area contributed by atoms with Gasteiger partial charge in [0.1, 0.15) is 5.41 Å². The normalized spacial score (nSPS) is 39.4. The number of hydrogen-bond donors (Lipinski definition) is 2. The van der Waals surface area contributed by atoms with E-state index in [0.717, 1.165) is 19.3 Å². The Hall–Kier alpha value is -1.06. The number of carbonyl (C=O) groups is 2. The minimum atomic E-state index is -0.745. The topological polar surface area (TPSA) is 58.2 Å². The van der Waals surface area contributed by atoms with Gasteiger partial charge in [-0.15, -0.1) is 0 Å². The summed E-state index contributed by atoms with van der Waals surface area (Å²) in [6.45, 7) is 4.26. The van der Waals surface area contributed by atoms with Crippen molar-refractivity contribution in [3.8, 4) is 0 Å². The fourth-order valence-corrected chi connectivity index (χ4v) is 2.75. The Balaban J connectivity index is 1.61. The molecular weight excluding hydrogens is 228 g/mol. The van der Waals surface area contributed by atoms with Gasteiger partial charge in [-0.05, 0) is 37.5 Å². The SMILES string of the molecule is C[C@@H]1C[C@@H]1NC(=O)C1(C(=O)N[C@@H]2C[C@@H]2C)CCC1. The minimum Gasteiger partial charge on any atom is -0.352 e. The summed E-state index contributed by atoms with van der Waals surface area (Å²) in [4.78, 5) is 24.6. The van der Waals surface area contributed by atoms with Gasteiger partial charge in [0.05, 0.1) is 0 Å². The van der Waals surface area contributed by atoms with E-state index in [0.29, 0.717) is 36.8 Å². The number of nitrogens with one attached hydrogen (secondary N) is 2. The van der Waals surface area contributed by atoms with E-state index in [4.69, 9.17) is 0 Å². The van der Waals surface area contributed by atoms with Crippen molar-refractivity contribution < 1.29 is 9.59 Å². The Morgan fingerprint density at radius 2 is 1.33 bits per heavy atom. The second kappa shape index (κ2) is 3.97. The van der Waals surface area contributed by atoms with Gasteiger partial charge in [0.25, 0.3) is 0 Å². The molecule has 0 heterocycles. The van der Waals surface area contributed by atoms with Gasteiger partial charge in [0, 0.05) is 12.1 Å². The molecule has 3 saturated carbocycles. The molecule has 0 aromatic carbocycles. The molecule has 4 atom stereocenters. The highest BCUT2D eigenvalue weighted by molar-refractivity contribution is 6.06. The Bertz CT molecular complexity index is 357. The van der Waals surface area contributed by atoms with Crippen LogP contribution in [0, 0.1) is 17.3 Å². The summed E-state index contributed by atoms with van der Waals surface area (Å²) in [7, 11) is 0. The maximum atomic E-state index is 12.3. The molecule has 0 radical (unpaired) electrons.